The number of rotatable bonds is 7. The van der Waals surface area contributed by atoms with E-state index in [-0.39, 0.29) is 29.7 Å². The minimum Gasteiger partial charge on any atom is -0.477 e. The molecule has 9 nitrogen and oxygen atoms in total. The number of hydrogen-bond donors (Lipinski definition) is 1. The Morgan fingerprint density at radius 2 is 1.67 bits per heavy atom. The van der Waals surface area contributed by atoms with Crippen molar-refractivity contribution in [1.82, 2.24) is 14.0 Å². The number of nitriles is 1. The van der Waals surface area contributed by atoms with E-state index in [2.05, 4.69) is 34.9 Å². The molecule has 10 heteroatoms. The molecule has 1 amide bonds. The van der Waals surface area contributed by atoms with Crippen LogP contribution >= 0.6 is 0 Å². The Bertz CT molecular complexity index is 2130. The zero-order valence-corrected chi connectivity index (χ0v) is 25.5. The topological polar surface area (TPSA) is 112 Å². The molecule has 6 rings (SSSR count). The van der Waals surface area contributed by atoms with Crippen molar-refractivity contribution in [2.75, 3.05) is 31.1 Å². The predicted molar refractivity (Wildman–Crippen MR) is 175 cm³/mol. The molecule has 3 aromatic carbocycles. The van der Waals surface area contributed by atoms with Gasteiger partial charge in [-0.25, -0.2) is 9.18 Å². The van der Waals surface area contributed by atoms with Crippen molar-refractivity contribution in [3.63, 3.8) is 0 Å². The molecule has 3 heterocycles. The Labute approximate surface area is 264 Å². The Kier molecular flexibility index (Phi) is 8.16. The van der Waals surface area contributed by atoms with Crippen LogP contribution in [0.3, 0.4) is 0 Å². The highest BCUT2D eigenvalue weighted by Crippen LogP contribution is 2.28. The quantitative estimate of drug-likeness (QED) is 0.193. The van der Waals surface area contributed by atoms with Crippen molar-refractivity contribution < 1.29 is 19.1 Å². The summed E-state index contributed by atoms with van der Waals surface area (Å²) < 4.78 is 19.1. The molecule has 0 spiro atoms. The molecule has 0 saturated carbocycles. The van der Waals surface area contributed by atoms with E-state index in [1.54, 1.807) is 26.5 Å². The van der Waals surface area contributed by atoms with Gasteiger partial charge in [0.15, 0.2) is 0 Å². The third-order valence-corrected chi connectivity index (χ3v) is 8.57. The van der Waals surface area contributed by atoms with Crippen molar-refractivity contribution in [2.45, 2.75) is 26.9 Å². The summed E-state index contributed by atoms with van der Waals surface area (Å²) in [4.78, 5) is 41.2. The Balaban J connectivity index is 1.23. The number of halogens is 1. The first kappa shape index (κ1) is 30.3. The monoisotopic (exact) mass is 617 g/mol. The lowest BCUT2D eigenvalue weighted by atomic mass is 10.1. The number of carboxylic acid groups (broad SMARTS) is 1. The van der Waals surface area contributed by atoms with E-state index >= 15 is 4.39 Å². The average molecular weight is 618 g/mol. The third kappa shape index (κ3) is 5.63. The molecule has 0 aliphatic carbocycles. The molecule has 232 valence electrons. The second-order valence-corrected chi connectivity index (χ2v) is 11.4. The van der Waals surface area contributed by atoms with Crippen molar-refractivity contribution in [2.24, 2.45) is 0 Å². The summed E-state index contributed by atoms with van der Waals surface area (Å²) in [7, 11) is 0. The third-order valence-electron chi connectivity index (χ3n) is 8.57. The van der Waals surface area contributed by atoms with Gasteiger partial charge in [0.2, 0.25) is 5.43 Å². The number of aryl methyl sites for hydroxylation is 2. The van der Waals surface area contributed by atoms with Crippen LogP contribution in [0.2, 0.25) is 0 Å². The molecule has 1 saturated heterocycles. The number of benzene rings is 3. The van der Waals surface area contributed by atoms with E-state index in [1.165, 1.54) is 11.8 Å². The predicted octanol–water partition coefficient (Wildman–Crippen LogP) is 5.43. The van der Waals surface area contributed by atoms with Crippen LogP contribution < -0.4 is 10.3 Å². The molecule has 2 aromatic heterocycles. The van der Waals surface area contributed by atoms with Gasteiger partial charge in [0.05, 0.1) is 11.2 Å². The summed E-state index contributed by atoms with van der Waals surface area (Å²) in [5.74, 6) is -2.40. The number of aromatic carboxylic acids is 1. The molecule has 1 aliphatic heterocycles. The van der Waals surface area contributed by atoms with Gasteiger partial charge in [-0.05, 0) is 43.7 Å². The van der Waals surface area contributed by atoms with Gasteiger partial charge in [-0.15, -0.1) is 0 Å². The summed E-state index contributed by atoms with van der Waals surface area (Å²) >= 11 is 0. The lowest BCUT2D eigenvalue weighted by molar-refractivity contribution is -0.126. The van der Waals surface area contributed by atoms with E-state index < -0.39 is 28.7 Å². The van der Waals surface area contributed by atoms with E-state index in [0.717, 1.165) is 28.1 Å². The maximum absolute atomic E-state index is 15.3. The summed E-state index contributed by atoms with van der Waals surface area (Å²) in [6, 6.07) is 21.0. The number of amides is 1. The maximum Gasteiger partial charge on any atom is 0.341 e. The number of piperazine rings is 1. The number of carboxylic acids is 1. The van der Waals surface area contributed by atoms with Crippen LogP contribution in [-0.4, -0.2) is 57.2 Å². The van der Waals surface area contributed by atoms with Crippen LogP contribution in [0.25, 0.3) is 27.9 Å². The van der Waals surface area contributed by atoms with Gasteiger partial charge in [-0.1, -0.05) is 48.0 Å². The molecule has 1 fully saturated rings. The molecular formula is C36H32FN5O4. The maximum atomic E-state index is 15.3. The Morgan fingerprint density at radius 3 is 2.35 bits per heavy atom. The smallest absolute Gasteiger partial charge is 0.341 e. The summed E-state index contributed by atoms with van der Waals surface area (Å²) in [6.07, 6.45) is 4.88. The van der Waals surface area contributed by atoms with E-state index in [1.807, 2.05) is 44.3 Å². The summed E-state index contributed by atoms with van der Waals surface area (Å²) in [5, 5.41) is 20.4. The molecule has 1 aliphatic rings. The first-order chi connectivity index (χ1) is 22.2. The highest BCUT2D eigenvalue weighted by Gasteiger charge is 2.26. The highest BCUT2D eigenvalue weighted by molar-refractivity contribution is 6.04. The van der Waals surface area contributed by atoms with Gasteiger partial charge in [-0.3, -0.25) is 9.59 Å². The fraction of sp³-hybridized carbons (Fsp3) is 0.222. The van der Waals surface area contributed by atoms with Crippen LogP contribution in [-0.2, 0) is 17.9 Å². The zero-order valence-electron chi connectivity index (χ0n) is 25.5. The number of para-hydroxylation sites is 1. The van der Waals surface area contributed by atoms with Crippen molar-refractivity contribution in [1.29, 1.82) is 5.26 Å². The largest absolute Gasteiger partial charge is 0.477 e. The van der Waals surface area contributed by atoms with Crippen LogP contribution in [0.4, 0.5) is 10.1 Å². The molecule has 0 unspecified atom stereocenters. The molecular weight excluding hydrogens is 585 g/mol. The Hall–Kier alpha value is -5.69. The second-order valence-electron chi connectivity index (χ2n) is 11.4. The SMILES string of the molecule is CCn1cc(C(=O)O)c(=O)c2cc(F)c(N3CCN(C(=O)/C(C#N)=C/c4cn(Cc5ccc(C)cc5)c5ccccc45)CC3)cc21. The number of hydrogen-bond acceptors (Lipinski definition) is 5. The lowest BCUT2D eigenvalue weighted by Crippen LogP contribution is -2.49. The van der Waals surface area contributed by atoms with Gasteiger partial charge >= 0.3 is 5.97 Å². The lowest BCUT2D eigenvalue weighted by Gasteiger charge is -2.36. The van der Waals surface area contributed by atoms with E-state index in [0.29, 0.717) is 31.7 Å². The van der Waals surface area contributed by atoms with Crippen molar-refractivity contribution in [3.8, 4) is 6.07 Å². The summed E-state index contributed by atoms with van der Waals surface area (Å²) in [5.41, 5.74) is 3.67. The number of pyridine rings is 1. The number of carbonyl (C=O) groups excluding carboxylic acids is 1. The second kappa shape index (κ2) is 12.4. The zero-order chi connectivity index (χ0) is 32.5. The standard InChI is InChI=1S/C36H32FN5O4/c1-3-39-22-29(36(45)46)34(43)28-17-30(37)33(18-32(28)39)40-12-14-41(15-13-40)35(44)25(19-38)16-26-21-42(31-7-5-4-6-27(26)31)20-24-10-8-23(2)9-11-24/h4-11,16-18,21-22H,3,12-15,20H2,1-2H3,(H,45,46)/b25-16+. The van der Waals surface area contributed by atoms with Crippen molar-refractivity contribution >= 4 is 45.4 Å². The fourth-order valence-corrected chi connectivity index (χ4v) is 6.09. The van der Waals surface area contributed by atoms with Crippen LogP contribution in [0.15, 0.2) is 83.4 Å². The van der Waals surface area contributed by atoms with Gasteiger partial charge in [0.25, 0.3) is 5.91 Å². The van der Waals surface area contributed by atoms with E-state index in [9.17, 15) is 24.8 Å². The molecule has 5 aromatic rings. The molecule has 1 N–H and O–H groups in total. The molecule has 0 radical (unpaired) electrons. The minimum absolute atomic E-state index is 0.000773. The first-order valence-electron chi connectivity index (χ1n) is 15.1. The number of aromatic nitrogens is 2. The van der Waals surface area contributed by atoms with Gasteiger partial charge in [0, 0.05) is 73.5 Å². The van der Waals surface area contributed by atoms with Gasteiger partial charge < -0.3 is 24.0 Å². The van der Waals surface area contributed by atoms with Gasteiger partial charge in [-0.2, -0.15) is 5.26 Å². The average Bonchev–Trinajstić information content (AvgIpc) is 3.41. The molecule has 0 bridgehead atoms. The van der Waals surface area contributed by atoms with Crippen molar-refractivity contribution in [3.05, 3.63) is 117 Å². The molecule has 0 atom stereocenters. The number of nitrogens with zero attached hydrogens (tertiary/aromatic N) is 5. The first-order valence-corrected chi connectivity index (χ1v) is 15.1. The fourth-order valence-electron chi connectivity index (χ4n) is 6.09. The normalized spacial score (nSPS) is 13.7. The number of anilines is 1. The minimum atomic E-state index is -1.36. The summed E-state index contributed by atoms with van der Waals surface area (Å²) in [6.45, 7) is 6.05. The highest BCUT2D eigenvalue weighted by atomic mass is 19.1. The van der Waals surface area contributed by atoms with Crippen LogP contribution in [0.1, 0.15) is 34.0 Å². The number of fused-ring (bicyclic) bond motifs is 2. The van der Waals surface area contributed by atoms with E-state index in [4.69, 9.17) is 0 Å². The molecule has 46 heavy (non-hydrogen) atoms. The van der Waals surface area contributed by atoms with Gasteiger partial charge in [0.1, 0.15) is 23.0 Å². The Morgan fingerprint density at radius 1 is 0.957 bits per heavy atom. The van der Waals surface area contributed by atoms with Crippen LogP contribution in [0.5, 0.6) is 0 Å². The van der Waals surface area contributed by atoms with Crippen LogP contribution in [0, 0.1) is 24.1 Å². The number of carbonyl (C=O) groups is 2.